The summed E-state index contributed by atoms with van der Waals surface area (Å²) >= 11 is 0. The summed E-state index contributed by atoms with van der Waals surface area (Å²) in [4.78, 5) is 16.9. The predicted molar refractivity (Wildman–Crippen MR) is 99.4 cm³/mol. The number of hydrazine groups is 1. The molecule has 29 heavy (non-hydrogen) atoms. The number of fused-ring (bicyclic) bond motifs is 1. The maximum Gasteiger partial charge on any atom is 0.288 e. The summed E-state index contributed by atoms with van der Waals surface area (Å²) in [5.41, 5.74) is 3.16. The molecule has 0 radical (unpaired) electrons. The third-order valence-electron chi connectivity index (χ3n) is 5.11. The van der Waals surface area contributed by atoms with Crippen LogP contribution in [0, 0.1) is 0 Å². The SMILES string of the molecule is Cn1cc(N(NC(=O)c2ccc3cncnn23)[C@@H]2CCCC[C@@H]2O)c(C(F)F)n1. The van der Waals surface area contributed by atoms with E-state index in [1.807, 2.05) is 0 Å². The third kappa shape index (κ3) is 3.65. The number of nitrogens with zero attached hydrogens (tertiary/aromatic N) is 6. The number of carbonyl (C=O) groups excluding carboxylic acids is 1. The number of aliphatic hydroxyl groups is 1. The van der Waals surface area contributed by atoms with Gasteiger partial charge in [0.25, 0.3) is 12.3 Å². The molecule has 0 aromatic carbocycles. The number of nitrogens with one attached hydrogen (secondary N) is 1. The van der Waals surface area contributed by atoms with Gasteiger partial charge in [-0.05, 0) is 25.0 Å². The van der Waals surface area contributed by atoms with Crippen molar-refractivity contribution in [2.75, 3.05) is 5.01 Å². The lowest BCUT2D eigenvalue weighted by Gasteiger charge is -2.38. The second-order valence-electron chi connectivity index (χ2n) is 7.07. The van der Waals surface area contributed by atoms with Crippen molar-refractivity contribution in [3.8, 4) is 0 Å². The first-order chi connectivity index (χ1) is 14.0. The average Bonchev–Trinajstić information content (AvgIpc) is 3.30. The van der Waals surface area contributed by atoms with Crippen molar-refractivity contribution < 1.29 is 18.7 Å². The Morgan fingerprint density at radius 2 is 2.14 bits per heavy atom. The quantitative estimate of drug-likeness (QED) is 0.629. The summed E-state index contributed by atoms with van der Waals surface area (Å²) in [6, 6.07) is 2.71. The summed E-state index contributed by atoms with van der Waals surface area (Å²) in [5.74, 6) is -0.537. The molecule has 0 spiro atoms. The lowest BCUT2D eigenvalue weighted by molar-refractivity contribution is 0.0837. The van der Waals surface area contributed by atoms with Crippen molar-refractivity contribution in [2.45, 2.75) is 44.3 Å². The topological polar surface area (TPSA) is 101 Å². The van der Waals surface area contributed by atoms with Gasteiger partial charge in [-0.3, -0.25) is 19.9 Å². The zero-order valence-corrected chi connectivity index (χ0v) is 15.7. The Balaban J connectivity index is 1.71. The van der Waals surface area contributed by atoms with Gasteiger partial charge in [0, 0.05) is 7.05 Å². The zero-order valence-electron chi connectivity index (χ0n) is 15.7. The van der Waals surface area contributed by atoms with Crippen LogP contribution >= 0.6 is 0 Å². The van der Waals surface area contributed by atoms with Crippen LogP contribution in [0.5, 0.6) is 0 Å². The van der Waals surface area contributed by atoms with Crippen LogP contribution in [0.15, 0.2) is 30.9 Å². The van der Waals surface area contributed by atoms with E-state index in [2.05, 4.69) is 20.6 Å². The van der Waals surface area contributed by atoms with Crippen molar-refractivity contribution in [1.82, 2.24) is 29.8 Å². The minimum Gasteiger partial charge on any atom is -0.391 e. The van der Waals surface area contributed by atoms with E-state index in [1.54, 1.807) is 18.3 Å². The zero-order chi connectivity index (χ0) is 20.5. The number of aryl methyl sites for hydroxylation is 1. The Kier molecular flexibility index (Phi) is 5.14. The van der Waals surface area contributed by atoms with Crippen molar-refractivity contribution >= 4 is 17.1 Å². The maximum atomic E-state index is 13.6. The molecular formula is C18H21F2N7O2. The van der Waals surface area contributed by atoms with Crippen LogP contribution in [0.1, 0.15) is 48.3 Å². The molecule has 1 amide bonds. The lowest BCUT2D eigenvalue weighted by atomic mass is 9.92. The average molecular weight is 405 g/mol. The fourth-order valence-corrected chi connectivity index (χ4v) is 3.75. The van der Waals surface area contributed by atoms with Crippen LogP contribution in [0.3, 0.4) is 0 Å². The molecule has 0 aliphatic heterocycles. The molecule has 0 bridgehead atoms. The maximum absolute atomic E-state index is 13.6. The fraction of sp³-hybridized carbons (Fsp3) is 0.444. The number of halogens is 2. The molecule has 3 heterocycles. The Morgan fingerprint density at radius 3 is 2.90 bits per heavy atom. The van der Waals surface area contributed by atoms with Gasteiger partial charge in [-0.1, -0.05) is 12.8 Å². The van der Waals surface area contributed by atoms with Gasteiger partial charge in [-0.25, -0.2) is 18.3 Å². The van der Waals surface area contributed by atoms with Gasteiger partial charge in [0.15, 0.2) is 5.69 Å². The monoisotopic (exact) mass is 405 g/mol. The predicted octanol–water partition coefficient (Wildman–Crippen LogP) is 1.86. The molecule has 11 heteroatoms. The van der Waals surface area contributed by atoms with Gasteiger partial charge >= 0.3 is 0 Å². The molecule has 3 aromatic heterocycles. The van der Waals surface area contributed by atoms with E-state index < -0.39 is 30.2 Å². The molecule has 1 saturated carbocycles. The largest absolute Gasteiger partial charge is 0.391 e. The standard InChI is InChI=1S/C18H21F2N7O2/c1-25-9-14(16(23-25)17(19)20)27(12-4-2-3-5-15(12)28)24-18(29)13-7-6-11-8-21-10-22-26(11)13/h6-10,12,15,17,28H,2-5H2,1H3,(H,24,29)/t12-,15+/m1/s1. The molecule has 9 nitrogen and oxygen atoms in total. The molecule has 1 aliphatic carbocycles. The number of aromatic nitrogens is 5. The van der Waals surface area contributed by atoms with E-state index in [-0.39, 0.29) is 11.4 Å². The van der Waals surface area contributed by atoms with Crippen LogP contribution in [0.25, 0.3) is 5.52 Å². The number of alkyl halides is 2. The van der Waals surface area contributed by atoms with E-state index in [9.17, 15) is 18.7 Å². The van der Waals surface area contributed by atoms with Gasteiger partial charge in [-0.15, -0.1) is 0 Å². The van der Waals surface area contributed by atoms with E-state index in [0.717, 1.165) is 12.8 Å². The Bertz CT molecular complexity index is 1020. The molecule has 0 saturated heterocycles. The van der Waals surface area contributed by atoms with Crippen LogP contribution in [0.4, 0.5) is 14.5 Å². The summed E-state index contributed by atoms with van der Waals surface area (Å²) in [6.45, 7) is 0. The first kappa shape index (κ1) is 19.2. The van der Waals surface area contributed by atoms with E-state index >= 15 is 0 Å². The molecule has 3 aromatic rings. The smallest absolute Gasteiger partial charge is 0.288 e. The van der Waals surface area contributed by atoms with Crippen molar-refractivity contribution in [3.05, 3.63) is 42.2 Å². The van der Waals surface area contributed by atoms with Gasteiger partial charge in [0.1, 0.15) is 17.7 Å². The summed E-state index contributed by atoms with van der Waals surface area (Å²) in [5, 5.41) is 19.8. The van der Waals surface area contributed by atoms with Gasteiger partial charge in [-0.2, -0.15) is 10.2 Å². The number of hydrogen-bond acceptors (Lipinski definition) is 6. The minimum absolute atomic E-state index is 0.0669. The number of carbonyl (C=O) groups is 1. The molecule has 2 atom stereocenters. The van der Waals surface area contributed by atoms with Crippen LogP contribution in [-0.4, -0.2) is 47.5 Å². The Morgan fingerprint density at radius 1 is 1.34 bits per heavy atom. The normalized spacial score (nSPS) is 19.6. The van der Waals surface area contributed by atoms with Gasteiger partial charge in [0.2, 0.25) is 0 Å². The number of hydrogen-bond donors (Lipinski definition) is 2. The molecule has 0 unspecified atom stereocenters. The second kappa shape index (κ2) is 7.74. The minimum atomic E-state index is -2.83. The number of rotatable bonds is 5. The lowest BCUT2D eigenvalue weighted by Crippen LogP contribution is -2.55. The van der Waals surface area contributed by atoms with Gasteiger partial charge in [0.05, 0.1) is 30.1 Å². The van der Waals surface area contributed by atoms with E-state index in [0.29, 0.717) is 18.4 Å². The first-order valence-corrected chi connectivity index (χ1v) is 9.33. The fourth-order valence-electron chi connectivity index (χ4n) is 3.75. The highest BCUT2D eigenvalue weighted by Gasteiger charge is 2.34. The van der Waals surface area contributed by atoms with Crippen LogP contribution < -0.4 is 10.4 Å². The molecule has 2 N–H and O–H groups in total. The Labute approximate surface area is 164 Å². The molecule has 154 valence electrons. The van der Waals surface area contributed by atoms with E-state index in [4.69, 9.17) is 0 Å². The summed E-state index contributed by atoms with van der Waals surface area (Å²) in [7, 11) is 1.53. The Hall–Kier alpha value is -3.08. The van der Waals surface area contributed by atoms with Gasteiger partial charge < -0.3 is 5.11 Å². The summed E-state index contributed by atoms with van der Waals surface area (Å²) in [6.07, 6.45) is 3.44. The highest BCUT2D eigenvalue weighted by atomic mass is 19.3. The summed E-state index contributed by atoms with van der Waals surface area (Å²) < 4.78 is 29.9. The van der Waals surface area contributed by atoms with Crippen LogP contribution in [-0.2, 0) is 7.05 Å². The second-order valence-corrected chi connectivity index (χ2v) is 7.07. The first-order valence-electron chi connectivity index (χ1n) is 9.33. The molecular weight excluding hydrogens is 384 g/mol. The number of aliphatic hydroxyl groups excluding tert-OH is 1. The van der Waals surface area contributed by atoms with Crippen molar-refractivity contribution in [3.63, 3.8) is 0 Å². The third-order valence-corrected chi connectivity index (χ3v) is 5.11. The van der Waals surface area contributed by atoms with Crippen LogP contribution in [0.2, 0.25) is 0 Å². The highest BCUT2D eigenvalue weighted by Crippen LogP contribution is 2.32. The number of anilines is 1. The molecule has 1 aliphatic rings. The highest BCUT2D eigenvalue weighted by molar-refractivity contribution is 5.94. The van der Waals surface area contributed by atoms with E-state index in [1.165, 1.54) is 33.8 Å². The van der Waals surface area contributed by atoms with Crippen molar-refractivity contribution in [2.24, 2.45) is 7.05 Å². The van der Waals surface area contributed by atoms with Crippen molar-refractivity contribution in [1.29, 1.82) is 0 Å². The molecule has 4 rings (SSSR count). The number of amides is 1. The molecule has 1 fully saturated rings.